The first-order valence-electron chi connectivity index (χ1n) is 8.05. The molecule has 3 rings (SSSR count). The summed E-state index contributed by atoms with van der Waals surface area (Å²) in [7, 11) is 0. The highest BCUT2D eigenvalue weighted by Gasteiger charge is 2.22. The van der Waals surface area contributed by atoms with E-state index in [9.17, 15) is 9.59 Å². The van der Waals surface area contributed by atoms with Crippen molar-refractivity contribution in [2.75, 3.05) is 5.32 Å². The Morgan fingerprint density at radius 3 is 2.88 bits per heavy atom. The fourth-order valence-electron chi connectivity index (χ4n) is 2.59. The average molecular weight is 341 g/mol. The first-order chi connectivity index (χ1) is 12.1. The number of carbonyl (C=O) groups excluding carboxylic acids is 2. The van der Waals surface area contributed by atoms with Crippen molar-refractivity contribution >= 4 is 28.6 Å². The summed E-state index contributed by atoms with van der Waals surface area (Å²) in [5.74, 6) is -0.000491. The minimum atomic E-state index is -0.880. The zero-order valence-electron chi connectivity index (χ0n) is 14.0. The molecule has 2 N–H and O–H groups in total. The first-order valence-corrected chi connectivity index (χ1v) is 8.05. The summed E-state index contributed by atoms with van der Waals surface area (Å²) in [4.78, 5) is 27.6. The van der Waals surface area contributed by atoms with Gasteiger partial charge < -0.3 is 19.6 Å². The predicted molar refractivity (Wildman–Crippen MR) is 92.0 cm³/mol. The van der Waals surface area contributed by atoms with Gasteiger partial charge in [-0.25, -0.2) is 0 Å². The quantitative estimate of drug-likeness (QED) is 0.672. The molecule has 2 aromatic heterocycles. The first kappa shape index (κ1) is 16.8. The Hall–Kier alpha value is -3.09. The van der Waals surface area contributed by atoms with Crippen LogP contribution < -0.4 is 5.32 Å². The minimum Gasteiger partial charge on any atom is -0.452 e. The topological polar surface area (TPSA) is 97.2 Å². The highest BCUT2D eigenvalue weighted by atomic mass is 16.5. The van der Waals surface area contributed by atoms with Crippen LogP contribution in [0.2, 0.25) is 0 Å². The van der Waals surface area contributed by atoms with Gasteiger partial charge in [-0.2, -0.15) is 0 Å². The van der Waals surface area contributed by atoms with Crippen molar-refractivity contribution < 1.29 is 18.8 Å². The van der Waals surface area contributed by atoms with E-state index in [2.05, 4.69) is 15.5 Å². The van der Waals surface area contributed by atoms with E-state index in [1.165, 1.54) is 0 Å². The van der Waals surface area contributed by atoms with Gasteiger partial charge in [0.15, 0.2) is 11.9 Å². The summed E-state index contributed by atoms with van der Waals surface area (Å²) in [6.07, 6.45) is 1.36. The fourth-order valence-corrected chi connectivity index (χ4v) is 2.59. The zero-order chi connectivity index (χ0) is 17.8. The molecular formula is C18H19N3O4. The Kier molecular flexibility index (Phi) is 4.83. The van der Waals surface area contributed by atoms with Crippen LogP contribution >= 0.6 is 0 Å². The molecule has 0 aliphatic rings. The standard InChI is InChI=1S/C18H19N3O4/c1-3-15(18(23)20-16-8-11(2)25-21-16)24-17(22)9-12-10-19-14-7-5-4-6-13(12)14/h4-8,10,15,19H,3,9H2,1-2H3,(H,20,21,23). The normalized spacial score (nSPS) is 12.1. The van der Waals surface area contributed by atoms with Crippen LogP contribution in [0.15, 0.2) is 41.1 Å². The van der Waals surface area contributed by atoms with Crippen LogP contribution in [0.3, 0.4) is 0 Å². The number of H-pyrrole nitrogens is 1. The van der Waals surface area contributed by atoms with Gasteiger partial charge >= 0.3 is 5.97 Å². The maximum atomic E-state index is 12.2. The number of ether oxygens (including phenoxy) is 1. The second-order valence-electron chi connectivity index (χ2n) is 5.74. The number of carbonyl (C=O) groups is 2. The van der Waals surface area contributed by atoms with E-state index in [4.69, 9.17) is 9.26 Å². The fraction of sp³-hybridized carbons (Fsp3) is 0.278. The third kappa shape index (κ3) is 3.88. The highest BCUT2D eigenvalue weighted by molar-refractivity contribution is 5.95. The lowest BCUT2D eigenvalue weighted by atomic mass is 10.1. The summed E-state index contributed by atoms with van der Waals surface area (Å²) in [5, 5.41) is 7.24. The van der Waals surface area contributed by atoms with Gasteiger partial charge in [0.25, 0.3) is 5.91 Å². The van der Waals surface area contributed by atoms with Gasteiger partial charge in [-0.05, 0) is 25.0 Å². The summed E-state index contributed by atoms with van der Waals surface area (Å²) in [6, 6.07) is 9.30. The number of aromatic amines is 1. The molecule has 1 amide bonds. The van der Waals surface area contributed by atoms with Crippen molar-refractivity contribution in [1.82, 2.24) is 10.1 Å². The molecule has 0 aliphatic carbocycles. The SMILES string of the molecule is CCC(OC(=O)Cc1c[nH]c2ccccc12)C(=O)Nc1cc(C)on1. The summed E-state index contributed by atoms with van der Waals surface area (Å²) in [5.41, 5.74) is 1.79. The highest BCUT2D eigenvalue weighted by Crippen LogP contribution is 2.19. The second kappa shape index (κ2) is 7.21. The van der Waals surface area contributed by atoms with E-state index in [1.54, 1.807) is 26.1 Å². The molecule has 0 saturated carbocycles. The maximum Gasteiger partial charge on any atom is 0.311 e. The molecule has 7 nitrogen and oxygen atoms in total. The van der Waals surface area contributed by atoms with Crippen molar-refractivity contribution in [3.8, 4) is 0 Å². The second-order valence-corrected chi connectivity index (χ2v) is 5.74. The number of anilines is 1. The van der Waals surface area contributed by atoms with Crippen molar-refractivity contribution in [3.63, 3.8) is 0 Å². The molecule has 0 radical (unpaired) electrons. The molecule has 25 heavy (non-hydrogen) atoms. The number of amides is 1. The lowest BCUT2D eigenvalue weighted by Gasteiger charge is -2.14. The lowest BCUT2D eigenvalue weighted by molar-refractivity contribution is -0.153. The van der Waals surface area contributed by atoms with E-state index in [0.29, 0.717) is 18.0 Å². The molecule has 1 unspecified atom stereocenters. The average Bonchev–Trinajstić information content (AvgIpc) is 3.19. The molecule has 1 atom stereocenters. The number of aryl methyl sites for hydroxylation is 1. The predicted octanol–water partition coefficient (Wildman–Crippen LogP) is 2.97. The van der Waals surface area contributed by atoms with Crippen LogP contribution in [0.5, 0.6) is 0 Å². The van der Waals surface area contributed by atoms with Gasteiger partial charge in [0, 0.05) is 23.2 Å². The number of hydrogen-bond acceptors (Lipinski definition) is 5. The number of nitrogens with zero attached hydrogens (tertiary/aromatic N) is 1. The monoisotopic (exact) mass is 341 g/mol. The van der Waals surface area contributed by atoms with Gasteiger partial charge in [0.05, 0.1) is 6.42 Å². The molecule has 0 bridgehead atoms. The molecule has 0 saturated heterocycles. The molecule has 7 heteroatoms. The van der Waals surface area contributed by atoms with E-state index < -0.39 is 18.0 Å². The number of benzene rings is 1. The molecule has 130 valence electrons. The van der Waals surface area contributed by atoms with E-state index in [0.717, 1.165) is 16.5 Å². The molecular weight excluding hydrogens is 322 g/mol. The van der Waals surface area contributed by atoms with Crippen LogP contribution in [0.25, 0.3) is 10.9 Å². The molecule has 1 aromatic carbocycles. The number of para-hydroxylation sites is 1. The number of aromatic nitrogens is 2. The van der Waals surface area contributed by atoms with E-state index >= 15 is 0 Å². The Balaban J connectivity index is 1.62. The molecule has 0 fully saturated rings. The Morgan fingerprint density at radius 1 is 1.36 bits per heavy atom. The van der Waals surface area contributed by atoms with Crippen molar-refractivity contribution in [2.24, 2.45) is 0 Å². The van der Waals surface area contributed by atoms with Gasteiger partial charge in [-0.15, -0.1) is 0 Å². The van der Waals surface area contributed by atoms with Crippen LogP contribution in [-0.2, 0) is 20.7 Å². The zero-order valence-corrected chi connectivity index (χ0v) is 14.0. The Morgan fingerprint density at radius 2 is 2.16 bits per heavy atom. The largest absolute Gasteiger partial charge is 0.452 e. The van der Waals surface area contributed by atoms with Crippen molar-refractivity contribution in [3.05, 3.63) is 47.9 Å². The van der Waals surface area contributed by atoms with Gasteiger partial charge in [-0.1, -0.05) is 30.3 Å². The molecule has 2 heterocycles. The van der Waals surface area contributed by atoms with Gasteiger partial charge in [-0.3, -0.25) is 9.59 Å². The Bertz CT molecular complexity index is 897. The number of esters is 1. The van der Waals surface area contributed by atoms with Crippen LogP contribution in [0.1, 0.15) is 24.7 Å². The number of nitrogens with one attached hydrogen (secondary N) is 2. The third-order valence-electron chi connectivity index (χ3n) is 3.83. The third-order valence-corrected chi connectivity index (χ3v) is 3.83. The van der Waals surface area contributed by atoms with Crippen LogP contribution in [0.4, 0.5) is 5.82 Å². The smallest absolute Gasteiger partial charge is 0.311 e. The molecule has 3 aromatic rings. The Labute approximate surface area is 144 Å². The molecule has 0 spiro atoms. The van der Waals surface area contributed by atoms with E-state index in [1.807, 2.05) is 24.3 Å². The minimum absolute atomic E-state index is 0.0941. The summed E-state index contributed by atoms with van der Waals surface area (Å²) in [6.45, 7) is 3.50. The number of rotatable bonds is 6. The number of fused-ring (bicyclic) bond motifs is 1. The summed E-state index contributed by atoms with van der Waals surface area (Å²) < 4.78 is 10.2. The van der Waals surface area contributed by atoms with Gasteiger partial charge in [0.2, 0.25) is 0 Å². The summed E-state index contributed by atoms with van der Waals surface area (Å²) >= 11 is 0. The van der Waals surface area contributed by atoms with Crippen molar-refractivity contribution in [1.29, 1.82) is 0 Å². The molecule has 0 aliphatic heterocycles. The van der Waals surface area contributed by atoms with Gasteiger partial charge in [0.1, 0.15) is 5.76 Å². The number of hydrogen-bond donors (Lipinski definition) is 2. The maximum absolute atomic E-state index is 12.2. The van der Waals surface area contributed by atoms with Crippen molar-refractivity contribution in [2.45, 2.75) is 32.8 Å². The van der Waals surface area contributed by atoms with E-state index in [-0.39, 0.29) is 6.42 Å². The van der Waals surface area contributed by atoms with Crippen LogP contribution in [-0.4, -0.2) is 28.1 Å². The lowest BCUT2D eigenvalue weighted by Crippen LogP contribution is -2.32. The van der Waals surface area contributed by atoms with Crippen LogP contribution in [0, 0.1) is 6.92 Å².